The maximum atomic E-state index is 5.27. The van der Waals surface area contributed by atoms with Gasteiger partial charge in [-0.1, -0.05) is 13.8 Å². The van der Waals surface area contributed by atoms with E-state index in [2.05, 4.69) is 34.0 Å². The molecule has 0 unspecified atom stereocenters. The molecule has 1 N–H and O–H groups in total. The van der Waals surface area contributed by atoms with Gasteiger partial charge >= 0.3 is 0 Å². The smallest absolute Gasteiger partial charge is 0.137 e. The van der Waals surface area contributed by atoms with Crippen molar-refractivity contribution in [1.29, 1.82) is 0 Å². The Balaban J connectivity index is 2.17. The maximum Gasteiger partial charge on any atom is 0.137 e. The van der Waals surface area contributed by atoms with Crippen molar-refractivity contribution in [3.8, 4) is 0 Å². The van der Waals surface area contributed by atoms with E-state index in [1.54, 1.807) is 13.4 Å². The molecule has 5 nitrogen and oxygen atoms in total. The number of hydrogen-bond acceptors (Lipinski definition) is 5. The van der Waals surface area contributed by atoms with Gasteiger partial charge in [-0.2, -0.15) is 0 Å². The minimum Gasteiger partial charge on any atom is -0.384 e. The molecule has 5 heteroatoms. The van der Waals surface area contributed by atoms with Crippen LogP contribution in [-0.2, 0) is 4.74 Å². The van der Waals surface area contributed by atoms with Crippen LogP contribution in [0.3, 0.4) is 0 Å². The second-order valence-electron chi connectivity index (χ2n) is 5.75. The van der Waals surface area contributed by atoms with E-state index in [1.807, 2.05) is 7.05 Å². The molecule has 0 amide bonds. The van der Waals surface area contributed by atoms with Crippen molar-refractivity contribution in [2.75, 3.05) is 44.1 Å². The van der Waals surface area contributed by atoms with Gasteiger partial charge in [-0.25, -0.2) is 9.97 Å². The number of nitrogens with one attached hydrogen (secondary N) is 1. The van der Waals surface area contributed by atoms with Gasteiger partial charge in [0.1, 0.15) is 18.0 Å². The summed E-state index contributed by atoms with van der Waals surface area (Å²) in [5, 5.41) is 3.19. The molecule has 1 aliphatic heterocycles. The summed E-state index contributed by atoms with van der Waals surface area (Å²) < 4.78 is 5.27. The summed E-state index contributed by atoms with van der Waals surface area (Å²) in [4.78, 5) is 11.3. The number of piperidine rings is 1. The molecule has 1 aromatic heterocycles. The van der Waals surface area contributed by atoms with E-state index in [1.165, 1.54) is 18.4 Å². The molecular formula is C15H26N4O. The topological polar surface area (TPSA) is 50.3 Å². The summed E-state index contributed by atoms with van der Waals surface area (Å²) in [5.41, 5.74) is 1.22. The molecule has 0 aliphatic carbocycles. The first-order valence-corrected chi connectivity index (χ1v) is 7.43. The van der Waals surface area contributed by atoms with E-state index in [4.69, 9.17) is 4.74 Å². The van der Waals surface area contributed by atoms with Crippen molar-refractivity contribution in [3.63, 3.8) is 0 Å². The van der Waals surface area contributed by atoms with Crippen LogP contribution in [0.4, 0.5) is 11.6 Å². The van der Waals surface area contributed by atoms with E-state index in [0.29, 0.717) is 11.8 Å². The van der Waals surface area contributed by atoms with E-state index >= 15 is 0 Å². The van der Waals surface area contributed by atoms with Crippen molar-refractivity contribution in [1.82, 2.24) is 9.97 Å². The summed E-state index contributed by atoms with van der Waals surface area (Å²) in [6, 6.07) is 0. The highest BCUT2D eigenvalue weighted by molar-refractivity contribution is 5.60. The summed E-state index contributed by atoms with van der Waals surface area (Å²) in [6.07, 6.45) is 4.00. The number of methoxy groups -OCH3 is 1. The van der Waals surface area contributed by atoms with E-state index in [0.717, 1.165) is 31.3 Å². The summed E-state index contributed by atoms with van der Waals surface area (Å²) in [7, 11) is 3.70. The van der Waals surface area contributed by atoms with Crippen LogP contribution in [0.2, 0.25) is 0 Å². The van der Waals surface area contributed by atoms with Crippen LogP contribution in [0, 0.1) is 5.92 Å². The molecule has 0 spiro atoms. The number of hydrogen-bond donors (Lipinski definition) is 1. The Morgan fingerprint density at radius 3 is 2.60 bits per heavy atom. The molecule has 0 radical (unpaired) electrons. The molecule has 1 fully saturated rings. The van der Waals surface area contributed by atoms with Crippen LogP contribution in [-0.4, -0.2) is 43.8 Å². The van der Waals surface area contributed by atoms with Gasteiger partial charge in [-0.15, -0.1) is 0 Å². The monoisotopic (exact) mass is 278 g/mol. The van der Waals surface area contributed by atoms with Crippen LogP contribution in [0.15, 0.2) is 6.33 Å². The molecule has 0 atom stereocenters. The zero-order valence-corrected chi connectivity index (χ0v) is 13.0. The Morgan fingerprint density at radius 1 is 1.35 bits per heavy atom. The summed E-state index contributed by atoms with van der Waals surface area (Å²) in [6.45, 7) is 7.36. The Kier molecular flexibility index (Phi) is 5.17. The fourth-order valence-electron chi connectivity index (χ4n) is 2.92. The normalized spacial score (nSPS) is 16.8. The Morgan fingerprint density at radius 2 is 2.05 bits per heavy atom. The molecule has 112 valence electrons. The minimum absolute atomic E-state index is 0.408. The molecule has 0 saturated carbocycles. The molecular weight excluding hydrogens is 252 g/mol. The molecule has 20 heavy (non-hydrogen) atoms. The van der Waals surface area contributed by atoms with Gasteiger partial charge in [0.25, 0.3) is 0 Å². The second-order valence-corrected chi connectivity index (χ2v) is 5.75. The minimum atomic E-state index is 0.408. The largest absolute Gasteiger partial charge is 0.384 e. The SMILES string of the molecule is CNc1ncnc(N2CCC(COC)CC2)c1C(C)C. The first-order valence-electron chi connectivity index (χ1n) is 7.43. The second kappa shape index (κ2) is 6.88. The molecule has 0 aromatic carbocycles. The van der Waals surface area contributed by atoms with Crippen molar-refractivity contribution in [3.05, 3.63) is 11.9 Å². The van der Waals surface area contributed by atoms with Crippen LogP contribution in [0.1, 0.15) is 38.2 Å². The standard InChI is InChI=1S/C15H26N4O/c1-11(2)13-14(16-3)17-10-18-15(13)19-7-5-12(6-8-19)9-20-4/h10-12H,5-9H2,1-4H3,(H,16,17,18). The van der Waals surface area contributed by atoms with Crippen molar-refractivity contribution in [2.24, 2.45) is 5.92 Å². The highest BCUT2D eigenvalue weighted by Gasteiger charge is 2.24. The van der Waals surface area contributed by atoms with Gasteiger partial charge in [0.05, 0.1) is 0 Å². The average molecular weight is 278 g/mol. The third-order valence-electron chi connectivity index (χ3n) is 3.99. The number of ether oxygens (including phenoxy) is 1. The van der Waals surface area contributed by atoms with E-state index in [-0.39, 0.29) is 0 Å². The average Bonchev–Trinajstić information content (AvgIpc) is 2.47. The Labute approximate surface area is 121 Å². The van der Waals surface area contributed by atoms with Crippen LogP contribution in [0.5, 0.6) is 0 Å². The lowest BCUT2D eigenvalue weighted by Gasteiger charge is -2.34. The fourth-order valence-corrected chi connectivity index (χ4v) is 2.92. The Hall–Kier alpha value is -1.36. The first kappa shape index (κ1) is 15.0. The van der Waals surface area contributed by atoms with E-state index in [9.17, 15) is 0 Å². The predicted octanol–water partition coefficient (Wildman–Crippen LogP) is 2.50. The maximum absolute atomic E-state index is 5.27. The van der Waals surface area contributed by atoms with Gasteiger partial charge in [-0.3, -0.25) is 0 Å². The van der Waals surface area contributed by atoms with Crippen molar-refractivity contribution in [2.45, 2.75) is 32.6 Å². The highest BCUT2D eigenvalue weighted by atomic mass is 16.5. The zero-order valence-electron chi connectivity index (χ0n) is 13.0. The van der Waals surface area contributed by atoms with Gasteiger partial charge in [0.2, 0.25) is 0 Å². The van der Waals surface area contributed by atoms with Crippen LogP contribution in [0.25, 0.3) is 0 Å². The lowest BCUT2D eigenvalue weighted by Crippen LogP contribution is -2.36. The molecule has 2 rings (SSSR count). The summed E-state index contributed by atoms with van der Waals surface area (Å²) >= 11 is 0. The Bertz CT molecular complexity index is 428. The molecule has 1 aliphatic rings. The molecule has 1 aromatic rings. The lowest BCUT2D eigenvalue weighted by atomic mass is 9.96. The number of nitrogens with zero attached hydrogens (tertiary/aromatic N) is 3. The fraction of sp³-hybridized carbons (Fsp3) is 0.733. The molecule has 1 saturated heterocycles. The van der Waals surface area contributed by atoms with Crippen molar-refractivity contribution < 1.29 is 4.74 Å². The number of anilines is 2. The first-order chi connectivity index (χ1) is 9.67. The van der Waals surface area contributed by atoms with Gasteiger partial charge in [0, 0.05) is 39.4 Å². The number of rotatable bonds is 5. The summed E-state index contributed by atoms with van der Waals surface area (Å²) in [5.74, 6) is 3.13. The zero-order chi connectivity index (χ0) is 14.5. The van der Waals surface area contributed by atoms with Crippen LogP contribution < -0.4 is 10.2 Å². The predicted molar refractivity (Wildman–Crippen MR) is 82.5 cm³/mol. The lowest BCUT2D eigenvalue weighted by molar-refractivity contribution is 0.139. The molecule has 2 heterocycles. The van der Waals surface area contributed by atoms with E-state index < -0.39 is 0 Å². The van der Waals surface area contributed by atoms with Gasteiger partial charge in [0.15, 0.2) is 0 Å². The quantitative estimate of drug-likeness (QED) is 0.897. The van der Waals surface area contributed by atoms with Crippen molar-refractivity contribution >= 4 is 11.6 Å². The highest BCUT2D eigenvalue weighted by Crippen LogP contribution is 2.32. The third kappa shape index (κ3) is 3.20. The van der Waals surface area contributed by atoms with Gasteiger partial charge in [-0.05, 0) is 24.7 Å². The molecule has 0 bridgehead atoms. The number of aromatic nitrogens is 2. The van der Waals surface area contributed by atoms with Crippen LogP contribution >= 0.6 is 0 Å². The third-order valence-corrected chi connectivity index (χ3v) is 3.99. The van der Waals surface area contributed by atoms with Gasteiger partial charge < -0.3 is 15.0 Å².